The number of anilines is 1. The van der Waals surface area contributed by atoms with Gasteiger partial charge in [-0.15, -0.1) is 11.8 Å². The van der Waals surface area contributed by atoms with E-state index in [1.165, 1.54) is 28.8 Å². The van der Waals surface area contributed by atoms with Gasteiger partial charge in [-0.1, -0.05) is 43.1 Å². The Balaban J connectivity index is 2.09. The number of carbonyl (C=O) groups is 2. The molecule has 43 heavy (non-hydrogen) atoms. The van der Waals surface area contributed by atoms with E-state index in [0.29, 0.717) is 40.9 Å². The van der Waals surface area contributed by atoms with Gasteiger partial charge >= 0.3 is 0 Å². The van der Waals surface area contributed by atoms with Gasteiger partial charge in [0.15, 0.2) is 0 Å². The van der Waals surface area contributed by atoms with E-state index in [1.54, 1.807) is 61.5 Å². The van der Waals surface area contributed by atoms with Crippen LogP contribution in [-0.2, 0) is 26.2 Å². The highest BCUT2D eigenvalue weighted by molar-refractivity contribution is 7.98. The van der Waals surface area contributed by atoms with Crippen molar-refractivity contribution in [2.75, 3.05) is 30.3 Å². The molecule has 1 N–H and O–H groups in total. The average molecular weight is 667 g/mol. The predicted octanol–water partition coefficient (Wildman–Crippen LogP) is 6.64. The standard InChI is InChI=1S/C31H37Cl2N3O5S2/c1-5-19-34-31(38)29(6-2)35(20-26-27(32)9-8-10-28(26)33)30(37)21-36(22-11-13-23(14-12-22)41-7-3)43(39,40)25-17-15-24(42-4)16-18-25/h8-18,29H,5-7,19-21H2,1-4H3,(H,34,38). The number of hydrogen-bond donors (Lipinski definition) is 1. The second-order valence-corrected chi connectivity index (χ2v) is 13.1. The Labute approximate surface area is 268 Å². The van der Waals surface area contributed by atoms with E-state index in [0.717, 1.165) is 9.20 Å². The minimum Gasteiger partial charge on any atom is -0.494 e. The fourth-order valence-corrected chi connectivity index (χ4v) is 6.76. The molecule has 0 saturated heterocycles. The number of thioether (sulfide) groups is 1. The van der Waals surface area contributed by atoms with Crippen molar-refractivity contribution < 1.29 is 22.7 Å². The van der Waals surface area contributed by atoms with Gasteiger partial charge in [0.25, 0.3) is 10.0 Å². The summed E-state index contributed by atoms with van der Waals surface area (Å²) in [5.74, 6) is -0.371. The molecule has 0 radical (unpaired) electrons. The first-order valence-electron chi connectivity index (χ1n) is 14.0. The van der Waals surface area contributed by atoms with Crippen molar-refractivity contribution in [1.82, 2.24) is 10.2 Å². The second kappa shape index (κ2) is 16.2. The Morgan fingerprint density at radius 1 is 0.953 bits per heavy atom. The van der Waals surface area contributed by atoms with Crippen LogP contribution in [0.5, 0.6) is 5.75 Å². The Kier molecular flexibility index (Phi) is 13.1. The zero-order valence-electron chi connectivity index (χ0n) is 24.7. The van der Waals surface area contributed by atoms with Crippen LogP contribution in [0.4, 0.5) is 5.69 Å². The van der Waals surface area contributed by atoms with Gasteiger partial charge in [0.1, 0.15) is 18.3 Å². The molecule has 2 amide bonds. The van der Waals surface area contributed by atoms with E-state index in [1.807, 2.05) is 20.1 Å². The summed E-state index contributed by atoms with van der Waals surface area (Å²) in [6, 6.07) is 17.0. The second-order valence-electron chi connectivity index (χ2n) is 9.55. The summed E-state index contributed by atoms with van der Waals surface area (Å²) in [6.45, 7) is 5.79. The maximum Gasteiger partial charge on any atom is 0.264 e. The summed E-state index contributed by atoms with van der Waals surface area (Å²) >= 11 is 14.4. The molecule has 0 bridgehead atoms. The van der Waals surface area contributed by atoms with Crippen LogP contribution < -0.4 is 14.4 Å². The van der Waals surface area contributed by atoms with Gasteiger partial charge in [0.05, 0.1) is 17.2 Å². The maximum absolute atomic E-state index is 14.2. The third kappa shape index (κ3) is 8.81. The molecule has 232 valence electrons. The van der Waals surface area contributed by atoms with Crippen LogP contribution in [0.2, 0.25) is 10.0 Å². The van der Waals surface area contributed by atoms with Gasteiger partial charge in [0, 0.05) is 33.6 Å². The molecule has 1 unspecified atom stereocenters. The minimum absolute atomic E-state index is 0.0282. The zero-order valence-corrected chi connectivity index (χ0v) is 27.8. The number of hydrogen-bond acceptors (Lipinski definition) is 6. The van der Waals surface area contributed by atoms with Crippen molar-refractivity contribution in [3.8, 4) is 5.75 Å². The molecular weight excluding hydrogens is 629 g/mol. The molecule has 3 aromatic carbocycles. The molecular formula is C31H37Cl2N3O5S2. The predicted molar refractivity (Wildman–Crippen MR) is 175 cm³/mol. The van der Waals surface area contributed by atoms with E-state index < -0.39 is 28.5 Å². The first-order valence-corrected chi connectivity index (χ1v) is 17.4. The lowest BCUT2D eigenvalue weighted by Gasteiger charge is -2.33. The molecule has 0 aromatic heterocycles. The topological polar surface area (TPSA) is 96.0 Å². The monoisotopic (exact) mass is 665 g/mol. The zero-order chi connectivity index (χ0) is 31.6. The summed E-state index contributed by atoms with van der Waals surface area (Å²) in [4.78, 5) is 29.7. The Morgan fingerprint density at radius 3 is 2.12 bits per heavy atom. The highest BCUT2D eigenvalue weighted by Crippen LogP contribution is 2.30. The smallest absolute Gasteiger partial charge is 0.264 e. The molecule has 0 spiro atoms. The van der Waals surface area contributed by atoms with Gasteiger partial charge in [0.2, 0.25) is 11.8 Å². The average Bonchev–Trinajstić information content (AvgIpc) is 3.00. The number of nitrogens with one attached hydrogen (secondary N) is 1. The van der Waals surface area contributed by atoms with Crippen molar-refractivity contribution in [2.45, 2.75) is 56.0 Å². The largest absolute Gasteiger partial charge is 0.494 e. The van der Waals surface area contributed by atoms with E-state index in [4.69, 9.17) is 27.9 Å². The normalized spacial score (nSPS) is 12.0. The summed E-state index contributed by atoms with van der Waals surface area (Å²) in [6.07, 6.45) is 2.90. The van der Waals surface area contributed by atoms with Gasteiger partial charge in [-0.2, -0.15) is 0 Å². The summed E-state index contributed by atoms with van der Waals surface area (Å²) < 4.78 is 34.7. The van der Waals surface area contributed by atoms with Crippen LogP contribution in [-0.4, -0.2) is 57.1 Å². The maximum atomic E-state index is 14.2. The first-order chi connectivity index (χ1) is 20.6. The van der Waals surface area contributed by atoms with Gasteiger partial charge in [-0.3, -0.25) is 13.9 Å². The molecule has 8 nitrogen and oxygen atoms in total. The number of rotatable bonds is 15. The molecule has 0 saturated carbocycles. The molecule has 1 atom stereocenters. The Bertz CT molecular complexity index is 1470. The van der Waals surface area contributed by atoms with Crippen LogP contribution in [0.25, 0.3) is 0 Å². The highest BCUT2D eigenvalue weighted by atomic mass is 35.5. The molecule has 0 aliphatic heterocycles. The SMILES string of the molecule is CCCNC(=O)C(CC)N(Cc1c(Cl)cccc1Cl)C(=O)CN(c1ccc(OCC)cc1)S(=O)(=O)c1ccc(SC)cc1. The molecule has 0 aliphatic rings. The lowest BCUT2D eigenvalue weighted by atomic mass is 10.1. The molecule has 0 fully saturated rings. The number of benzene rings is 3. The van der Waals surface area contributed by atoms with Gasteiger partial charge in [-0.25, -0.2) is 8.42 Å². The summed E-state index contributed by atoms with van der Waals surface area (Å²) in [5.41, 5.74) is 0.731. The van der Waals surface area contributed by atoms with Crippen LogP contribution in [0.15, 0.2) is 76.5 Å². The quantitative estimate of drug-likeness (QED) is 0.183. The van der Waals surface area contributed by atoms with Gasteiger partial charge < -0.3 is 15.0 Å². The number of nitrogens with zero attached hydrogens (tertiary/aromatic N) is 2. The van der Waals surface area contributed by atoms with Crippen molar-refractivity contribution in [3.05, 3.63) is 82.3 Å². The van der Waals surface area contributed by atoms with Crippen molar-refractivity contribution in [1.29, 1.82) is 0 Å². The van der Waals surface area contributed by atoms with Crippen molar-refractivity contribution in [2.24, 2.45) is 0 Å². The third-order valence-electron chi connectivity index (χ3n) is 6.69. The summed E-state index contributed by atoms with van der Waals surface area (Å²) in [7, 11) is -4.21. The van der Waals surface area contributed by atoms with E-state index in [-0.39, 0.29) is 29.5 Å². The Hall–Kier alpha value is -2.92. The van der Waals surface area contributed by atoms with E-state index >= 15 is 0 Å². The fraction of sp³-hybridized carbons (Fsp3) is 0.355. The molecule has 0 heterocycles. The molecule has 3 aromatic rings. The summed E-state index contributed by atoms with van der Waals surface area (Å²) in [5, 5.41) is 3.52. The Morgan fingerprint density at radius 2 is 1.58 bits per heavy atom. The van der Waals surface area contributed by atoms with Crippen molar-refractivity contribution in [3.63, 3.8) is 0 Å². The lowest BCUT2D eigenvalue weighted by Crippen LogP contribution is -2.52. The van der Waals surface area contributed by atoms with Crippen LogP contribution >= 0.6 is 35.0 Å². The van der Waals surface area contributed by atoms with Crippen LogP contribution in [0, 0.1) is 0 Å². The molecule has 0 aliphatic carbocycles. The number of ether oxygens (including phenoxy) is 1. The minimum atomic E-state index is -4.21. The van der Waals surface area contributed by atoms with Crippen molar-refractivity contribution >= 4 is 62.5 Å². The first kappa shape index (κ1) is 34.6. The van der Waals surface area contributed by atoms with Gasteiger partial charge in [-0.05, 0) is 86.7 Å². The van der Waals surface area contributed by atoms with Crippen LogP contribution in [0.1, 0.15) is 39.2 Å². The van der Waals surface area contributed by atoms with Crippen LogP contribution in [0.3, 0.4) is 0 Å². The third-order valence-corrected chi connectivity index (χ3v) is 9.93. The number of amides is 2. The molecule has 12 heteroatoms. The number of sulfonamides is 1. The van der Waals surface area contributed by atoms with E-state index in [9.17, 15) is 18.0 Å². The highest BCUT2D eigenvalue weighted by Gasteiger charge is 2.34. The number of carbonyl (C=O) groups excluding carboxylic acids is 2. The fourth-order valence-electron chi connectivity index (χ4n) is 4.42. The van der Waals surface area contributed by atoms with E-state index in [2.05, 4.69) is 5.32 Å². The lowest BCUT2D eigenvalue weighted by molar-refractivity contribution is -0.140. The number of halogens is 2. The molecule has 3 rings (SSSR count).